The molecule has 0 radical (unpaired) electrons. The Hall–Kier alpha value is -1.02. The number of aromatic nitrogens is 1. The zero-order valence-corrected chi connectivity index (χ0v) is 16.6. The molecule has 4 rings (SSSR count). The summed E-state index contributed by atoms with van der Waals surface area (Å²) in [6.07, 6.45) is 9.67. The highest BCUT2D eigenvalue weighted by molar-refractivity contribution is 7.84. The first kappa shape index (κ1) is 19.7. The van der Waals surface area contributed by atoms with Crippen LogP contribution >= 0.6 is 0 Å². The van der Waals surface area contributed by atoms with Crippen LogP contribution in [0, 0.1) is 0 Å². The lowest BCUT2D eigenvalue weighted by molar-refractivity contribution is 0.324. The second-order valence-corrected chi connectivity index (χ2v) is 8.95. The van der Waals surface area contributed by atoms with E-state index in [0.717, 1.165) is 31.7 Å². The molecule has 4 atom stereocenters. The summed E-state index contributed by atoms with van der Waals surface area (Å²) in [5, 5.41) is 3.65. The summed E-state index contributed by atoms with van der Waals surface area (Å²) < 4.78 is 28.9. The van der Waals surface area contributed by atoms with Gasteiger partial charge in [-0.05, 0) is 50.7 Å². The number of pyridine rings is 1. The Bertz CT molecular complexity index is 668. The molecule has 0 amide bonds. The topological polar surface area (TPSA) is 71.5 Å². The van der Waals surface area contributed by atoms with Gasteiger partial charge in [-0.2, -0.15) is 12.7 Å². The van der Waals surface area contributed by atoms with Gasteiger partial charge >= 0.3 is 10.3 Å². The molecule has 6 nitrogen and oxygen atoms in total. The van der Waals surface area contributed by atoms with Crippen molar-refractivity contribution in [2.45, 2.75) is 83.0 Å². The van der Waals surface area contributed by atoms with Crippen molar-refractivity contribution in [1.82, 2.24) is 14.6 Å². The SMILES string of the molecule is CC[C@@H]1CC[C@@H](Cc2ccccn2)N1.CC[C@@H]1CC[C@H]2COS(=O)(=O)N12. The Balaban J connectivity index is 0.000000152. The average molecular weight is 382 g/mol. The van der Waals surface area contributed by atoms with E-state index in [1.54, 1.807) is 4.31 Å². The van der Waals surface area contributed by atoms with Gasteiger partial charge in [0.2, 0.25) is 0 Å². The summed E-state index contributed by atoms with van der Waals surface area (Å²) in [4.78, 5) is 4.35. The van der Waals surface area contributed by atoms with Crippen LogP contribution in [0.15, 0.2) is 24.4 Å². The molecule has 3 saturated heterocycles. The van der Waals surface area contributed by atoms with Crippen LogP contribution in [0.1, 0.15) is 58.1 Å². The molecule has 1 aromatic rings. The lowest BCUT2D eigenvalue weighted by atomic mass is 10.1. The Labute approximate surface area is 157 Å². The normalized spacial score (nSPS) is 32.8. The first-order chi connectivity index (χ1) is 12.5. The smallest absolute Gasteiger partial charge is 0.311 e. The number of nitrogens with zero attached hydrogens (tertiary/aromatic N) is 2. The van der Waals surface area contributed by atoms with Gasteiger partial charge in [-0.25, -0.2) is 0 Å². The van der Waals surface area contributed by atoms with Gasteiger partial charge in [0.1, 0.15) is 0 Å². The maximum Gasteiger partial charge on any atom is 0.339 e. The lowest BCUT2D eigenvalue weighted by Gasteiger charge is -2.18. The molecule has 7 heteroatoms. The van der Waals surface area contributed by atoms with E-state index in [0.29, 0.717) is 12.6 Å². The van der Waals surface area contributed by atoms with E-state index in [1.165, 1.54) is 25.0 Å². The Morgan fingerprint density at radius 1 is 1.15 bits per heavy atom. The van der Waals surface area contributed by atoms with Gasteiger partial charge in [-0.3, -0.25) is 9.17 Å². The second kappa shape index (κ2) is 8.78. The number of nitrogens with one attached hydrogen (secondary N) is 1. The van der Waals surface area contributed by atoms with Crippen molar-refractivity contribution in [3.63, 3.8) is 0 Å². The molecule has 3 aliphatic heterocycles. The van der Waals surface area contributed by atoms with Gasteiger partial charge in [0.15, 0.2) is 0 Å². The van der Waals surface area contributed by atoms with Crippen molar-refractivity contribution >= 4 is 10.3 Å². The van der Waals surface area contributed by atoms with Crippen LogP contribution in [0.5, 0.6) is 0 Å². The monoisotopic (exact) mass is 381 g/mol. The Kier molecular flexibility index (Phi) is 6.66. The molecule has 26 heavy (non-hydrogen) atoms. The van der Waals surface area contributed by atoms with Crippen LogP contribution < -0.4 is 5.32 Å². The van der Waals surface area contributed by atoms with E-state index in [2.05, 4.69) is 29.4 Å². The maximum absolute atomic E-state index is 11.3. The summed E-state index contributed by atoms with van der Waals surface area (Å²) in [5.74, 6) is 0. The van der Waals surface area contributed by atoms with Crippen LogP contribution in [-0.4, -0.2) is 48.5 Å². The van der Waals surface area contributed by atoms with Gasteiger partial charge in [0.05, 0.1) is 12.6 Å². The zero-order chi connectivity index (χ0) is 18.6. The first-order valence-electron chi connectivity index (χ1n) is 9.87. The van der Waals surface area contributed by atoms with Gasteiger partial charge in [-0.15, -0.1) is 0 Å². The third-order valence-corrected chi connectivity index (χ3v) is 7.25. The lowest BCUT2D eigenvalue weighted by Crippen LogP contribution is -2.35. The molecular formula is C19H31N3O3S. The van der Waals surface area contributed by atoms with E-state index in [1.807, 2.05) is 19.2 Å². The highest BCUT2D eigenvalue weighted by atomic mass is 32.2. The van der Waals surface area contributed by atoms with Gasteiger partial charge in [0, 0.05) is 36.4 Å². The number of fused-ring (bicyclic) bond motifs is 1. The van der Waals surface area contributed by atoms with Crippen LogP contribution in [0.25, 0.3) is 0 Å². The van der Waals surface area contributed by atoms with Crippen molar-refractivity contribution in [2.75, 3.05) is 6.61 Å². The van der Waals surface area contributed by atoms with Crippen LogP contribution in [0.2, 0.25) is 0 Å². The highest BCUT2D eigenvalue weighted by Gasteiger charge is 2.46. The summed E-state index contributed by atoms with van der Waals surface area (Å²) in [6.45, 7) is 4.63. The predicted molar refractivity (Wildman–Crippen MR) is 102 cm³/mol. The molecular weight excluding hydrogens is 350 g/mol. The predicted octanol–water partition coefficient (Wildman–Crippen LogP) is 2.66. The van der Waals surface area contributed by atoms with Crippen molar-refractivity contribution in [1.29, 1.82) is 0 Å². The van der Waals surface area contributed by atoms with Crippen molar-refractivity contribution < 1.29 is 12.6 Å². The standard InChI is InChI=1S/C12H18N2.C7H13NO3S/c1-2-10-6-7-12(14-10)9-11-5-3-4-8-13-11;1-2-6-3-4-7-5-11-12(9,10)8(6)7/h3-5,8,10,12,14H,2,6-7,9H2,1H3;6-7H,2-5H2,1H3/t10-,12+;6-,7+/m11/s1. The molecule has 1 aromatic heterocycles. The van der Waals surface area contributed by atoms with Crippen molar-refractivity contribution in [3.05, 3.63) is 30.1 Å². The van der Waals surface area contributed by atoms with Crippen molar-refractivity contribution in [2.24, 2.45) is 0 Å². The summed E-state index contributed by atoms with van der Waals surface area (Å²) in [5.41, 5.74) is 1.21. The van der Waals surface area contributed by atoms with Gasteiger partial charge in [0.25, 0.3) is 0 Å². The van der Waals surface area contributed by atoms with E-state index >= 15 is 0 Å². The van der Waals surface area contributed by atoms with E-state index < -0.39 is 10.3 Å². The molecule has 0 aromatic carbocycles. The molecule has 3 fully saturated rings. The molecule has 0 aliphatic carbocycles. The summed E-state index contributed by atoms with van der Waals surface area (Å²) in [6, 6.07) is 7.84. The van der Waals surface area contributed by atoms with Crippen LogP contribution in [0.3, 0.4) is 0 Å². The largest absolute Gasteiger partial charge is 0.339 e. The fourth-order valence-corrected chi connectivity index (χ4v) is 5.83. The molecule has 0 spiro atoms. The van der Waals surface area contributed by atoms with Gasteiger partial charge in [-0.1, -0.05) is 19.9 Å². The van der Waals surface area contributed by atoms with E-state index in [4.69, 9.17) is 4.18 Å². The number of rotatable bonds is 4. The highest BCUT2D eigenvalue weighted by Crippen LogP contribution is 2.34. The molecule has 4 heterocycles. The van der Waals surface area contributed by atoms with Crippen LogP contribution in [-0.2, 0) is 20.9 Å². The minimum atomic E-state index is -3.35. The number of hydrogen-bond acceptors (Lipinski definition) is 5. The Morgan fingerprint density at radius 3 is 2.62 bits per heavy atom. The average Bonchev–Trinajstić information content (AvgIpc) is 3.34. The first-order valence-corrected chi connectivity index (χ1v) is 11.2. The minimum absolute atomic E-state index is 0.125. The third kappa shape index (κ3) is 4.63. The van der Waals surface area contributed by atoms with E-state index in [9.17, 15) is 8.42 Å². The maximum atomic E-state index is 11.3. The summed E-state index contributed by atoms with van der Waals surface area (Å²) in [7, 11) is -3.35. The summed E-state index contributed by atoms with van der Waals surface area (Å²) >= 11 is 0. The van der Waals surface area contributed by atoms with Gasteiger partial charge < -0.3 is 5.32 Å². The van der Waals surface area contributed by atoms with Crippen LogP contribution in [0.4, 0.5) is 0 Å². The fraction of sp³-hybridized carbons (Fsp3) is 0.737. The Morgan fingerprint density at radius 2 is 1.96 bits per heavy atom. The van der Waals surface area contributed by atoms with Crippen molar-refractivity contribution in [3.8, 4) is 0 Å². The fourth-order valence-electron chi connectivity index (χ4n) is 4.23. The van der Waals surface area contributed by atoms with E-state index in [-0.39, 0.29) is 12.1 Å². The molecule has 0 saturated carbocycles. The minimum Gasteiger partial charge on any atom is -0.311 e. The molecule has 0 bridgehead atoms. The molecule has 146 valence electrons. The third-order valence-electron chi connectivity index (χ3n) is 5.70. The molecule has 0 unspecified atom stereocenters. The second-order valence-electron chi connectivity index (χ2n) is 7.44. The zero-order valence-electron chi connectivity index (χ0n) is 15.8. The number of hydrogen-bond donors (Lipinski definition) is 1. The molecule has 3 aliphatic rings. The quantitative estimate of drug-likeness (QED) is 0.868. The molecule has 1 N–H and O–H groups in total.